The van der Waals surface area contributed by atoms with Crippen LogP contribution >= 0.6 is 11.8 Å². The molecule has 3 heterocycles. The van der Waals surface area contributed by atoms with E-state index in [-0.39, 0.29) is 0 Å². The van der Waals surface area contributed by atoms with Crippen LogP contribution in [-0.4, -0.2) is 107 Å². The van der Waals surface area contributed by atoms with Crippen LogP contribution < -0.4 is 0 Å². The van der Waals surface area contributed by atoms with Gasteiger partial charge in [0.05, 0.1) is 6.54 Å². The van der Waals surface area contributed by atoms with Crippen molar-refractivity contribution in [2.24, 2.45) is 5.92 Å². The first-order valence-corrected chi connectivity index (χ1v) is 17.2. The van der Waals surface area contributed by atoms with Gasteiger partial charge in [0.25, 0.3) is 0 Å². The highest BCUT2D eigenvalue weighted by Gasteiger charge is 2.33. The van der Waals surface area contributed by atoms with E-state index in [4.69, 9.17) is 14.6 Å². The molecule has 0 aromatic carbocycles. The second-order valence-corrected chi connectivity index (χ2v) is 12.0. The highest BCUT2D eigenvalue weighted by molar-refractivity contribution is 8.12. The number of aryl methyl sites for hydroxylation is 1. The van der Waals surface area contributed by atoms with E-state index in [0.717, 1.165) is 93.8 Å². The molecule has 11 heteroatoms. The Morgan fingerprint density at radius 3 is 2.32 bits per heavy atom. The molecule has 1 N–H and O–H groups in total. The number of thioether (sulfide) groups is 1. The van der Waals surface area contributed by atoms with Gasteiger partial charge < -0.3 is 24.4 Å². The maximum atomic E-state index is 13.1. The van der Waals surface area contributed by atoms with Gasteiger partial charge >= 0.3 is 5.30 Å². The van der Waals surface area contributed by atoms with Crippen LogP contribution in [0.5, 0.6) is 0 Å². The van der Waals surface area contributed by atoms with Crippen molar-refractivity contribution in [2.45, 2.75) is 85.1 Å². The van der Waals surface area contributed by atoms with E-state index in [1.165, 1.54) is 19.1 Å². The minimum atomic E-state index is -0.829. The third-order valence-corrected chi connectivity index (χ3v) is 7.87. The van der Waals surface area contributed by atoms with Gasteiger partial charge in [-0.05, 0) is 102 Å². The first-order valence-electron chi connectivity index (χ1n) is 16.0. The standard InChI is InChI=1S/C23H41N5O.C8H12O2.C2H4O2S/c1-5-7-15-27(16-9-14-26(3)4)23(29)19-28-18-20(6-2)17-21(28)10-11-22-24-12-8-13-25-22;1-3-5-8-7(4-2)9-6-10-8;1-5-2(3)4/h8,12-13,20-21H,5-7,9-11,14-19H2,1-4H3;4-5H,3,6H2,1-2H3;1H3,(H,3,4)/b;7-4+,8-5+;. The van der Waals surface area contributed by atoms with Gasteiger partial charge in [-0.3, -0.25) is 9.69 Å². The molecule has 0 radical (unpaired) electrons. The average molecular weight is 636 g/mol. The SMILES string of the molecule is C/C=C1/OCO/C1=C/CC.CCCCN(CCCN(C)C)C(=O)CN1CC(CC)CC1CCc1ncccn1.CSC(=O)O. The molecule has 44 heavy (non-hydrogen) atoms. The van der Waals surface area contributed by atoms with Gasteiger partial charge in [-0.25, -0.2) is 14.8 Å². The number of carbonyl (C=O) groups excluding carboxylic acids is 1. The van der Waals surface area contributed by atoms with Crippen molar-refractivity contribution in [1.82, 2.24) is 24.7 Å². The van der Waals surface area contributed by atoms with E-state index in [2.05, 4.69) is 59.5 Å². The molecule has 2 aliphatic rings. The molecule has 1 aromatic heterocycles. The molecule has 250 valence electrons. The van der Waals surface area contributed by atoms with Gasteiger partial charge in [0, 0.05) is 44.5 Å². The fourth-order valence-corrected chi connectivity index (χ4v) is 5.06. The molecule has 2 aliphatic heterocycles. The number of carboxylic acid groups (broad SMARTS) is 1. The van der Waals surface area contributed by atoms with Crippen LogP contribution in [0.4, 0.5) is 4.79 Å². The first-order chi connectivity index (χ1) is 21.2. The Balaban J connectivity index is 0.000000527. The summed E-state index contributed by atoms with van der Waals surface area (Å²) >= 11 is 0.796. The zero-order valence-electron chi connectivity index (χ0n) is 28.2. The van der Waals surface area contributed by atoms with E-state index in [1.54, 1.807) is 0 Å². The normalized spacial score (nSPS) is 19.5. The van der Waals surface area contributed by atoms with E-state index >= 15 is 0 Å². The zero-order valence-corrected chi connectivity index (χ0v) is 29.0. The monoisotopic (exact) mass is 635 g/mol. The van der Waals surface area contributed by atoms with Crippen LogP contribution in [0.2, 0.25) is 0 Å². The molecule has 10 nitrogen and oxygen atoms in total. The quantitative estimate of drug-likeness (QED) is 0.250. The first kappa shape index (κ1) is 39.4. The van der Waals surface area contributed by atoms with Crippen LogP contribution in [0, 0.1) is 5.92 Å². The van der Waals surface area contributed by atoms with Gasteiger partial charge in [-0.1, -0.05) is 33.6 Å². The van der Waals surface area contributed by atoms with Crippen molar-refractivity contribution in [2.75, 3.05) is 59.9 Å². The summed E-state index contributed by atoms with van der Waals surface area (Å²) in [6.45, 7) is 13.2. The average Bonchev–Trinajstić information content (AvgIpc) is 3.65. The van der Waals surface area contributed by atoms with Crippen LogP contribution in [0.3, 0.4) is 0 Å². The Bertz CT molecular complexity index is 992. The lowest BCUT2D eigenvalue weighted by Gasteiger charge is -2.29. The molecular weight excluding hydrogens is 578 g/mol. The summed E-state index contributed by atoms with van der Waals surface area (Å²) in [4.78, 5) is 37.9. The van der Waals surface area contributed by atoms with E-state index in [1.807, 2.05) is 37.5 Å². The Morgan fingerprint density at radius 1 is 1.09 bits per heavy atom. The summed E-state index contributed by atoms with van der Waals surface area (Å²) < 4.78 is 10.3. The number of hydrogen-bond donors (Lipinski definition) is 1. The van der Waals surface area contributed by atoms with Gasteiger partial charge in [-0.15, -0.1) is 0 Å². The highest BCUT2D eigenvalue weighted by atomic mass is 32.2. The predicted octanol–water partition coefficient (Wildman–Crippen LogP) is 6.31. The Hall–Kier alpha value is -2.63. The maximum Gasteiger partial charge on any atom is 0.364 e. The number of hydrogen-bond acceptors (Lipinski definition) is 9. The molecule has 0 saturated carbocycles. The van der Waals surface area contributed by atoms with Gasteiger partial charge in [0.15, 0.2) is 11.5 Å². The molecule has 1 aromatic rings. The molecule has 2 unspecified atom stereocenters. The van der Waals surface area contributed by atoms with Crippen molar-refractivity contribution in [3.05, 3.63) is 48.0 Å². The number of amides is 1. The van der Waals surface area contributed by atoms with Crippen molar-refractivity contribution in [3.8, 4) is 0 Å². The maximum absolute atomic E-state index is 13.1. The summed E-state index contributed by atoms with van der Waals surface area (Å²) in [7, 11) is 4.18. The number of likely N-dealkylation sites (tertiary alicyclic amines) is 1. The highest BCUT2D eigenvalue weighted by Crippen LogP contribution is 2.28. The van der Waals surface area contributed by atoms with E-state index in [0.29, 0.717) is 31.2 Å². The number of aromatic nitrogens is 2. The number of carbonyl (C=O) groups is 2. The lowest BCUT2D eigenvalue weighted by Crippen LogP contribution is -2.43. The number of rotatable bonds is 14. The fraction of sp³-hybridized carbons (Fsp3) is 0.697. The number of unbranched alkanes of at least 4 members (excludes halogenated alkanes) is 1. The van der Waals surface area contributed by atoms with Crippen LogP contribution in [0.15, 0.2) is 42.1 Å². The number of nitrogens with zero attached hydrogens (tertiary/aromatic N) is 5. The predicted molar refractivity (Wildman–Crippen MR) is 179 cm³/mol. The van der Waals surface area contributed by atoms with Crippen molar-refractivity contribution < 1.29 is 24.2 Å². The molecule has 0 bridgehead atoms. The van der Waals surface area contributed by atoms with Crippen molar-refractivity contribution in [1.29, 1.82) is 0 Å². The Kier molecular flexibility index (Phi) is 21.2. The minimum Gasteiger partial charge on any atom is -0.473 e. The molecule has 2 atom stereocenters. The minimum absolute atomic E-state index is 0.301. The van der Waals surface area contributed by atoms with E-state index < -0.39 is 5.30 Å². The summed E-state index contributed by atoms with van der Waals surface area (Å²) in [5.41, 5.74) is 0. The molecule has 2 fully saturated rings. The largest absolute Gasteiger partial charge is 0.473 e. The Labute approximate surface area is 270 Å². The lowest BCUT2D eigenvalue weighted by atomic mass is 10.0. The number of allylic oxidation sites excluding steroid dienone is 2. The summed E-state index contributed by atoms with van der Waals surface area (Å²) in [5, 5.41) is 6.86. The zero-order chi connectivity index (χ0) is 32.7. The molecule has 2 saturated heterocycles. The van der Waals surface area contributed by atoms with Gasteiger partial charge in [0.2, 0.25) is 12.7 Å². The van der Waals surface area contributed by atoms with Crippen LogP contribution in [0.25, 0.3) is 0 Å². The van der Waals surface area contributed by atoms with Crippen LogP contribution in [0.1, 0.15) is 78.5 Å². The molecular formula is C33H57N5O5S. The van der Waals surface area contributed by atoms with Crippen molar-refractivity contribution in [3.63, 3.8) is 0 Å². The smallest absolute Gasteiger partial charge is 0.364 e. The van der Waals surface area contributed by atoms with E-state index in [9.17, 15) is 9.59 Å². The molecule has 1 amide bonds. The second-order valence-electron chi connectivity index (χ2n) is 11.2. The third-order valence-electron chi connectivity index (χ3n) is 7.52. The van der Waals surface area contributed by atoms with Crippen molar-refractivity contribution >= 4 is 23.0 Å². The molecule has 3 rings (SSSR count). The van der Waals surface area contributed by atoms with Crippen LogP contribution in [-0.2, 0) is 20.7 Å². The molecule has 0 spiro atoms. The second kappa shape index (κ2) is 23.7. The summed E-state index contributed by atoms with van der Waals surface area (Å²) in [6, 6.07) is 2.32. The van der Waals surface area contributed by atoms with Gasteiger partial charge in [0.1, 0.15) is 5.82 Å². The lowest BCUT2D eigenvalue weighted by molar-refractivity contribution is -0.132. The fourth-order valence-electron chi connectivity index (χ4n) is 5.06. The van der Waals surface area contributed by atoms with Gasteiger partial charge in [-0.2, -0.15) is 0 Å². The summed E-state index contributed by atoms with van der Waals surface area (Å²) in [6.07, 6.45) is 17.6. The topological polar surface area (TPSA) is 108 Å². The summed E-state index contributed by atoms with van der Waals surface area (Å²) in [5.74, 6) is 3.65. The molecule has 0 aliphatic carbocycles. The number of ether oxygens (including phenoxy) is 2. The third kappa shape index (κ3) is 16.4. The Morgan fingerprint density at radius 2 is 1.75 bits per heavy atom.